The van der Waals surface area contributed by atoms with Crippen LogP contribution in [-0.2, 0) is 11.3 Å². The van der Waals surface area contributed by atoms with Crippen LogP contribution in [0.2, 0.25) is 5.02 Å². The van der Waals surface area contributed by atoms with Crippen molar-refractivity contribution in [3.05, 3.63) is 34.9 Å². The Morgan fingerprint density at radius 2 is 1.91 bits per heavy atom. The Morgan fingerprint density at radius 1 is 1.27 bits per heavy atom. The Labute approximate surface area is 138 Å². The van der Waals surface area contributed by atoms with Gasteiger partial charge in [-0.1, -0.05) is 36.7 Å². The van der Waals surface area contributed by atoms with E-state index in [0.29, 0.717) is 6.54 Å². The molecule has 0 spiro atoms. The van der Waals surface area contributed by atoms with Crippen molar-refractivity contribution in [3.63, 3.8) is 0 Å². The Bertz CT molecular complexity index is 500. The molecular formula is C17H26ClN3O. The molecule has 0 aromatic heterocycles. The molecule has 0 N–H and O–H groups in total. The highest BCUT2D eigenvalue weighted by Crippen LogP contribution is 2.18. The molecule has 5 heteroatoms. The molecule has 1 atom stereocenters. The number of likely N-dealkylation sites (N-methyl/N-ethyl adjacent to an activating group) is 2. The molecule has 0 bridgehead atoms. The molecule has 0 saturated carbocycles. The van der Waals surface area contributed by atoms with Crippen molar-refractivity contribution in [1.29, 1.82) is 0 Å². The SMILES string of the molecule is CCN1CCN(C(=O)C(C)N(C)Cc2ccccc2Cl)CC1. The minimum Gasteiger partial charge on any atom is -0.339 e. The third-order valence-electron chi connectivity index (χ3n) is 4.53. The molecule has 1 fully saturated rings. The Balaban J connectivity index is 1.91. The van der Waals surface area contributed by atoms with E-state index in [9.17, 15) is 4.79 Å². The van der Waals surface area contributed by atoms with E-state index in [2.05, 4.69) is 16.7 Å². The maximum atomic E-state index is 12.6. The number of nitrogens with zero attached hydrogens (tertiary/aromatic N) is 3. The van der Waals surface area contributed by atoms with E-state index >= 15 is 0 Å². The fraction of sp³-hybridized carbons (Fsp3) is 0.588. The molecule has 1 heterocycles. The second kappa shape index (κ2) is 7.95. The van der Waals surface area contributed by atoms with Gasteiger partial charge in [0.2, 0.25) is 5.91 Å². The summed E-state index contributed by atoms with van der Waals surface area (Å²) < 4.78 is 0. The molecule has 4 nitrogen and oxygen atoms in total. The van der Waals surface area contributed by atoms with Crippen LogP contribution in [0.25, 0.3) is 0 Å². The highest BCUT2D eigenvalue weighted by Gasteiger charge is 2.26. The van der Waals surface area contributed by atoms with Crippen molar-refractivity contribution in [2.24, 2.45) is 0 Å². The summed E-state index contributed by atoms with van der Waals surface area (Å²) >= 11 is 6.21. The van der Waals surface area contributed by atoms with Crippen LogP contribution < -0.4 is 0 Å². The smallest absolute Gasteiger partial charge is 0.239 e. The summed E-state index contributed by atoms with van der Waals surface area (Å²) in [5.41, 5.74) is 1.06. The van der Waals surface area contributed by atoms with Gasteiger partial charge in [-0.2, -0.15) is 0 Å². The number of piperazine rings is 1. The van der Waals surface area contributed by atoms with Gasteiger partial charge in [0.05, 0.1) is 6.04 Å². The summed E-state index contributed by atoms with van der Waals surface area (Å²) in [7, 11) is 1.98. The number of halogens is 1. The highest BCUT2D eigenvalue weighted by molar-refractivity contribution is 6.31. The first-order valence-electron chi connectivity index (χ1n) is 7.97. The van der Waals surface area contributed by atoms with Crippen LogP contribution in [0, 0.1) is 0 Å². The lowest BCUT2D eigenvalue weighted by atomic mass is 10.1. The Kier molecular flexibility index (Phi) is 6.24. The van der Waals surface area contributed by atoms with E-state index in [1.807, 2.05) is 43.1 Å². The summed E-state index contributed by atoms with van der Waals surface area (Å²) in [6.45, 7) is 9.49. The van der Waals surface area contributed by atoms with E-state index in [0.717, 1.165) is 43.3 Å². The van der Waals surface area contributed by atoms with Crippen LogP contribution in [0.1, 0.15) is 19.4 Å². The maximum Gasteiger partial charge on any atom is 0.239 e. The summed E-state index contributed by atoms with van der Waals surface area (Å²) in [6.07, 6.45) is 0. The largest absolute Gasteiger partial charge is 0.339 e. The van der Waals surface area contributed by atoms with Gasteiger partial charge < -0.3 is 9.80 Å². The van der Waals surface area contributed by atoms with Crippen LogP contribution in [0.5, 0.6) is 0 Å². The quantitative estimate of drug-likeness (QED) is 0.832. The lowest BCUT2D eigenvalue weighted by Gasteiger charge is -2.37. The molecule has 1 aromatic rings. The van der Waals surface area contributed by atoms with Gasteiger partial charge in [0, 0.05) is 37.7 Å². The predicted molar refractivity (Wildman–Crippen MR) is 91.1 cm³/mol. The average molecular weight is 324 g/mol. The lowest BCUT2D eigenvalue weighted by Crippen LogP contribution is -2.53. The molecule has 1 aliphatic heterocycles. The van der Waals surface area contributed by atoms with Gasteiger partial charge in [0.25, 0.3) is 0 Å². The van der Waals surface area contributed by atoms with Crippen LogP contribution in [0.15, 0.2) is 24.3 Å². The van der Waals surface area contributed by atoms with Crippen molar-refractivity contribution in [2.45, 2.75) is 26.4 Å². The molecule has 1 saturated heterocycles. The molecule has 1 aromatic carbocycles. The number of carbonyl (C=O) groups excluding carboxylic acids is 1. The molecule has 0 radical (unpaired) electrons. The monoisotopic (exact) mass is 323 g/mol. The van der Waals surface area contributed by atoms with Crippen LogP contribution in [-0.4, -0.2) is 66.4 Å². The number of hydrogen-bond acceptors (Lipinski definition) is 3. The molecule has 1 unspecified atom stereocenters. The summed E-state index contributed by atoms with van der Waals surface area (Å²) in [5, 5.41) is 0.755. The van der Waals surface area contributed by atoms with Crippen LogP contribution in [0.4, 0.5) is 0 Å². The Hall–Kier alpha value is -1.10. The molecule has 2 rings (SSSR count). The second-order valence-corrected chi connectivity index (χ2v) is 6.35. The number of carbonyl (C=O) groups is 1. The number of rotatable bonds is 5. The molecule has 1 aliphatic rings. The summed E-state index contributed by atoms with van der Waals surface area (Å²) in [4.78, 5) is 19.1. The van der Waals surface area contributed by atoms with Crippen molar-refractivity contribution in [2.75, 3.05) is 39.8 Å². The zero-order valence-electron chi connectivity index (χ0n) is 13.8. The second-order valence-electron chi connectivity index (χ2n) is 5.94. The van der Waals surface area contributed by atoms with Gasteiger partial charge >= 0.3 is 0 Å². The van der Waals surface area contributed by atoms with Gasteiger partial charge in [-0.15, -0.1) is 0 Å². The van der Waals surface area contributed by atoms with E-state index < -0.39 is 0 Å². The van der Waals surface area contributed by atoms with Gasteiger partial charge in [0.1, 0.15) is 0 Å². The third-order valence-corrected chi connectivity index (χ3v) is 4.90. The first-order valence-corrected chi connectivity index (χ1v) is 8.35. The zero-order valence-corrected chi connectivity index (χ0v) is 14.5. The standard InChI is InChI=1S/C17H26ClN3O/c1-4-20-9-11-21(12-10-20)17(22)14(2)19(3)13-15-7-5-6-8-16(15)18/h5-8,14H,4,9-13H2,1-3H3. The van der Waals surface area contributed by atoms with Gasteiger partial charge in [0.15, 0.2) is 0 Å². The highest BCUT2D eigenvalue weighted by atomic mass is 35.5. The van der Waals surface area contributed by atoms with Crippen LogP contribution >= 0.6 is 11.6 Å². The maximum absolute atomic E-state index is 12.6. The zero-order chi connectivity index (χ0) is 16.1. The molecule has 122 valence electrons. The number of amides is 1. The van der Waals surface area contributed by atoms with Crippen molar-refractivity contribution < 1.29 is 4.79 Å². The number of hydrogen-bond donors (Lipinski definition) is 0. The normalized spacial score (nSPS) is 17.8. The van der Waals surface area contributed by atoms with E-state index in [4.69, 9.17) is 11.6 Å². The van der Waals surface area contributed by atoms with Crippen molar-refractivity contribution in [3.8, 4) is 0 Å². The van der Waals surface area contributed by atoms with Crippen LogP contribution in [0.3, 0.4) is 0 Å². The summed E-state index contributed by atoms with van der Waals surface area (Å²) in [6, 6.07) is 7.67. The van der Waals surface area contributed by atoms with Gasteiger partial charge in [-0.05, 0) is 32.1 Å². The Morgan fingerprint density at radius 3 is 2.50 bits per heavy atom. The van der Waals surface area contributed by atoms with Gasteiger partial charge in [-0.3, -0.25) is 9.69 Å². The topological polar surface area (TPSA) is 26.8 Å². The lowest BCUT2D eigenvalue weighted by molar-refractivity contribution is -0.137. The molecule has 0 aliphatic carbocycles. The van der Waals surface area contributed by atoms with Gasteiger partial charge in [-0.25, -0.2) is 0 Å². The van der Waals surface area contributed by atoms with Crippen molar-refractivity contribution >= 4 is 17.5 Å². The van der Waals surface area contributed by atoms with Crippen molar-refractivity contribution in [1.82, 2.24) is 14.7 Å². The minimum absolute atomic E-state index is 0.135. The first kappa shape index (κ1) is 17.3. The van der Waals surface area contributed by atoms with E-state index in [-0.39, 0.29) is 11.9 Å². The fourth-order valence-electron chi connectivity index (χ4n) is 2.77. The predicted octanol–water partition coefficient (Wildman–Crippen LogP) is 2.32. The third kappa shape index (κ3) is 4.22. The van der Waals surface area contributed by atoms with E-state index in [1.54, 1.807) is 0 Å². The molecule has 1 amide bonds. The number of benzene rings is 1. The van der Waals surface area contributed by atoms with E-state index in [1.165, 1.54) is 0 Å². The average Bonchev–Trinajstić information content (AvgIpc) is 2.55. The minimum atomic E-state index is -0.135. The summed E-state index contributed by atoms with van der Waals surface area (Å²) in [5.74, 6) is 0.213. The molecular weight excluding hydrogens is 298 g/mol. The molecule has 22 heavy (non-hydrogen) atoms. The fourth-order valence-corrected chi connectivity index (χ4v) is 2.96. The first-order chi connectivity index (χ1) is 10.5.